The van der Waals surface area contributed by atoms with Crippen LogP contribution in [0.4, 0.5) is 0 Å². The maximum Gasteiger partial charge on any atom is 0.244 e. The molecule has 0 bridgehead atoms. The predicted octanol–water partition coefficient (Wildman–Crippen LogP) is 0.376. The van der Waals surface area contributed by atoms with E-state index in [1.165, 1.54) is 0 Å². The zero-order valence-electron chi connectivity index (χ0n) is 12.0. The van der Waals surface area contributed by atoms with E-state index in [2.05, 4.69) is 13.8 Å². The molecular weight excluding hydrogens is 244 g/mol. The van der Waals surface area contributed by atoms with Crippen molar-refractivity contribution in [3.8, 4) is 0 Å². The molecule has 108 valence electrons. The molecule has 3 aliphatic rings. The van der Waals surface area contributed by atoms with Crippen LogP contribution in [0.25, 0.3) is 0 Å². The first-order chi connectivity index (χ1) is 8.90. The second kappa shape index (κ2) is 4.17. The second-order valence-corrected chi connectivity index (χ2v) is 6.70. The number of morpholine rings is 1. The Morgan fingerprint density at radius 3 is 2.79 bits per heavy atom. The van der Waals surface area contributed by atoms with E-state index in [-0.39, 0.29) is 29.4 Å². The molecule has 1 saturated carbocycles. The molecule has 0 spiro atoms. The predicted molar refractivity (Wildman–Crippen MR) is 70.5 cm³/mol. The molecule has 2 N–H and O–H groups in total. The quantitative estimate of drug-likeness (QED) is 0.746. The van der Waals surface area contributed by atoms with Crippen molar-refractivity contribution in [2.45, 2.75) is 44.9 Å². The number of hydrogen-bond donors (Lipinski definition) is 1. The molecule has 2 aliphatic heterocycles. The van der Waals surface area contributed by atoms with Crippen molar-refractivity contribution >= 4 is 5.91 Å². The Bertz CT molecular complexity index is 398. The van der Waals surface area contributed by atoms with E-state index < -0.39 is 5.54 Å². The average Bonchev–Trinajstić information content (AvgIpc) is 2.85. The number of rotatable bonds is 1. The summed E-state index contributed by atoms with van der Waals surface area (Å²) in [5.41, 5.74) is 5.52. The molecule has 4 atom stereocenters. The van der Waals surface area contributed by atoms with Crippen LogP contribution < -0.4 is 5.73 Å². The first-order valence-corrected chi connectivity index (χ1v) is 7.20. The van der Waals surface area contributed by atoms with Gasteiger partial charge >= 0.3 is 0 Å². The van der Waals surface area contributed by atoms with Gasteiger partial charge in [-0.2, -0.15) is 0 Å². The summed E-state index contributed by atoms with van der Waals surface area (Å²) in [7, 11) is 0. The van der Waals surface area contributed by atoms with Gasteiger partial charge in [0.2, 0.25) is 5.91 Å². The molecule has 4 unspecified atom stereocenters. The monoisotopic (exact) mass is 268 g/mol. The molecule has 2 heterocycles. The first-order valence-electron chi connectivity index (χ1n) is 7.20. The Morgan fingerprint density at radius 2 is 2.11 bits per heavy atom. The van der Waals surface area contributed by atoms with Gasteiger partial charge in [-0.25, -0.2) is 0 Å². The lowest BCUT2D eigenvalue weighted by Gasteiger charge is -2.62. The van der Waals surface area contributed by atoms with Crippen molar-refractivity contribution in [2.75, 3.05) is 26.4 Å². The van der Waals surface area contributed by atoms with Gasteiger partial charge in [-0.1, -0.05) is 13.8 Å². The van der Waals surface area contributed by atoms with Crippen LogP contribution >= 0.6 is 0 Å². The third-order valence-electron chi connectivity index (χ3n) is 5.44. The lowest BCUT2D eigenvalue weighted by molar-refractivity contribution is -0.189. The Kier molecular flexibility index (Phi) is 2.93. The van der Waals surface area contributed by atoms with Crippen molar-refractivity contribution in [2.24, 2.45) is 17.1 Å². The molecule has 1 aliphatic carbocycles. The molecule has 0 radical (unpaired) electrons. The van der Waals surface area contributed by atoms with Gasteiger partial charge in [0.05, 0.1) is 25.4 Å². The van der Waals surface area contributed by atoms with Crippen LogP contribution in [0, 0.1) is 11.3 Å². The lowest BCUT2D eigenvalue weighted by atomic mass is 9.47. The molecule has 5 heteroatoms. The van der Waals surface area contributed by atoms with Crippen LogP contribution in [0.5, 0.6) is 0 Å². The van der Waals surface area contributed by atoms with Crippen LogP contribution in [0.3, 0.4) is 0 Å². The van der Waals surface area contributed by atoms with Crippen molar-refractivity contribution < 1.29 is 14.3 Å². The Hall–Kier alpha value is -0.650. The molecule has 3 fully saturated rings. The number of amides is 1. The van der Waals surface area contributed by atoms with E-state index in [0.717, 1.165) is 13.0 Å². The van der Waals surface area contributed by atoms with Gasteiger partial charge in [-0.15, -0.1) is 0 Å². The van der Waals surface area contributed by atoms with Gasteiger partial charge in [-0.05, 0) is 13.3 Å². The van der Waals surface area contributed by atoms with E-state index >= 15 is 0 Å². The average molecular weight is 268 g/mol. The summed E-state index contributed by atoms with van der Waals surface area (Å²) < 4.78 is 11.2. The van der Waals surface area contributed by atoms with Crippen LogP contribution in [0.2, 0.25) is 0 Å². The highest BCUT2D eigenvalue weighted by Crippen LogP contribution is 2.58. The molecule has 0 aromatic rings. The van der Waals surface area contributed by atoms with Crippen LogP contribution in [-0.4, -0.2) is 54.9 Å². The third-order valence-corrected chi connectivity index (χ3v) is 5.44. The summed E-state index contributed by atoms with van der Waals surface area (Å²) >= 11 is 0. The van der Waals surface area contributed by atoms with E-state index in [9.17, 15) is 4.79 Å². The van der Waals surface area contributed by atoms with E-state index in [1.807, 2.05) is 11.8 Å². The molecule has 1 amide bonds. The number of nitrogens with zero attached hydrogens (tertiary/aromatic N) is 1. The molecule has 0 aromatic carbocycles. The maximum absolute atomic E-state index is 13.0. The number of fused-ring (bicyclic) bond motifs is 1. The summed E-state index contributed by atoms with van der Waals surface area (Å²) in [5, 5.41) is 0. The van der Waals surface area contributed by atoms with Crippen molar-refractivity contribution in [3.05, 3.63) is 0 Å². The fourth-order valence-corrected chi connectivity index (χ4v) is 4.08. The molecular formula is C14H24N2O3. The normalized spacial score (nSPS) is 44.6. The van der Waals surface area contributed by atoms with Gasteiger partial charge < -0.3 is 20.1 Å². The zero-order valence-corrected chi connectivity index (χ0v) is 12.0. The highest BCUT2D eigenvalue weighted by atomic mass is 16.5. The van der Waals surface area contributed by atoms with E-state index in [0.29, 0.717) is 19.8 Å². The van der Waals surface area contributed by atoms with E-state index in [4.69, 9.17) is 15.2 Å². The number of nitrogens with two attached hydrogens (primary N) is 1. The molecule has 2 saturated heterocycles. The van der Waals surface area contributed by atoms with Crippen molar-refractivity contribution in [1.82, 2.24) is 4.90 Å². The van der Waals surface area contributed by atoms with Gasteiger partial charge in [0.25, 0.3) is 0 Å². The second-order valence-electron chi connectivity index (χ2n) is 6.70. The van der Waals surface area contributed by atoms with Crippen molar-refractivity contribution in [1.29, 1.82) is 0 Å². The Balaban J connectivity index is 1.86. The van der Waals surface area contributed by atoms with Crippen LogP contribution in [-0.2, 0) is 14.3 Å². The summed E-state index contributed by atoms with van der Waals surface area (Å²) in [6, 6.07) is 0.110. The molecule has 19 heavy (non-hydrogen) atoms. The van der Waals surface area contributed by atoms with Gasteiger partial charge in [0.1, 0.15) is 5.54 Å². The highest BCUT2D eigenvalue weighted by molar-refractivity contribution is 5.90. The summed E-state index contributed by atoms with van der Waals surface area (Å²) in [6.45, 7) is 8.72. The fraction of sp³-hybridized carbons (Fsp3) is 0.929. The van der Waals surface area contributed by atoms with E-state index in [1.54, 1.807) is 0 Å². The minimum atomic E-state index is -0.778. The topological polar surface area (TPSA) is 64.8 Å². The summed E-state index contributed by atoms with van der Waals surface area (Å²) in [6.07, 6.45) is 1.03. The van der Waals surface area contributed by atoms with Crippen molar-refractivity contribution in [3.63, 3.8) is 0 Å². The largest absolute Gasteiger partial charge is 0.377 e. The summed E-state index contributed by atoms with van der Waals surface area (Å²) in [4.78, 5) is 14.9. The maximum atomic E-state index is 13.0. The van der Waals surface area contributed by atoms with Gasteiger partial charge in [-0.3, -0.25) is 4.79 Å². The van der Waals surface area contributed by atoms with Gasteiger partial charge in [0, 0.05) is 24.5 Å². The minimum absolute atomic E-state index is 0.0834. The Labute approximate surface area is 114 Å². The van der Waals surface area contributed by atoms with Crippen LogP contribution in [0.15, 0.2) is 0 Å². The molecule has 3 rings (SSSR count). The lowest BCUT2D eigenvalue weighted by Crippen LogP contribution is -2.81. The zero-order chi connectivity index (χ0) is 13.8. The highest BCUT2D eigenvalue weighted by Gasteiger charge is 2.72. The number of carbonyl (C=O) groups is 1. The minimum Gasteiger partial charge on any atom is -0.377 e. The SMILES string of the molecule is CC1COCCN1C(=O)C1(N)C2CCOC2C1(C)C. The van der Waals surface area contributed by atoms with Crippen LogP contribution in [0.1, 0.15) is 27.2 Å². The number of carbonyl (C=O) groups excluding carboxylic acids is 1. The number of ether oxygens (including phenoxy) is 2. The summed E-state index contributed by atoms with van der Waals surface area (Å²) in [5.74, 6) is 0.255. The first kappa shape index (κ1) is 13.3. The Morgan fingerprint density at radius 1 is 1.37 bits per heavy atom. The molecule has 5 nitrogen and oxygen atoms in total. The smallest absolute Gasteiger partial charge is 0.244 e. The standard InChI is InChI=1S/C14H24N2O3/c1-9-8-18-7-5-16(9)12(17)14(15)10-4-6-19-11(10)13(14,2)3/h9-11H,4-8,15H2,1-3H3. The fourth-order valence-electron chi connectivity index (χ4n) is 4.08. The third kappa shape index (κ3) is 1.55. The molecule has 0 aromatic heterocycles. The number of hydrogen-bond acceptors (Lipinski definition) is 4. The van der Waals surface area contributed by atoms with Gasteiger partial charge in [0.15, 0.2) is 0 Å².